The molecule has 1 aliphatic rings. The summed E-state index contributed by atoms with van der Waals surface area (Å²) in [5.74, 6) is 1.55. The summed E-state index contributed by atoms with van der Waals surface area (Å²) in [5, 5.41) is 3.30. The molecule has 1 aliphatic heterocycles. The van der Waals surface area contributed by atoms with Gasteiger partial charge in [0.2, 0.25) is 5.95 Å². The van der Waals surface area contributed by atoms with Crippen molar-refractivity contribution in [1.29, 1.82) is 0 Å². The van der Waals surface area contributed by atoms with Crippen LogP contribution in [-0.4, -0.2) is 47.2 Å². The highest BCUT2D eigenvalue weighted by molar-refractivity contribution is 5.74. The van der Waals surface area contributed by atoms with Gasteiger partial charge in [-0.1, -0.05) is 19.1 Å². The standard InChI is InChI=1S/C23H25N5O3/c1-2-5-22(29)31-19-8-3-6-17(14-19)20-15-21(25-18-7-4-9-24-16-18)27-23(26-20)28-10-12-30-13-11-28/h3-4,6-9,14-16H,2,5,10-13H2,1H3,(H,25,26,27). The lowest BCUT2D eigenvalue weighted by Gasteiger charge is -2.27. The summed E-state index contributed by atoms with van der Waals surface area (Å²) >= 11 is 0. The molecule has 0 atom stereocenters. The minimum absolute atomic E-state index is 0.240. The molecule has 3 aromatic rings. The van der Waals surface area contributed by atoms with Crippen molar-refractivity contribution in [2.75, 3.05) is 36.5 Å². The van der Waals surface area contributed by atoms with Crippen molar-refractivity contribution in [3.63, 3.8) is 0 Å². The highest BCUT2D eigenvalue weighted by Gasteiger charge is 2.17. The van der Waals surface area contributed by atoms with Crippen LogP contribution in [0.15, 0.2) is 54.9 Å². The zero-order valence-electron chi connectivity index (χ0n) is 17.5. The second kappa shape index (κ2) is 9.99. The highest BCUT2D eigenvalue weighted by Crippen LogP contribution is 2.28. The Bertz CT molecular complexity index is 1020. The molecular weight excluding hydrogens is 394 g/mol. The van der Waals surface area contributed by atoms with Crippen molar-refractivity contribution >= 4 is 23.4 Å². The van der Waals surface area contributed by atoms with Gasteiger partial charge in [-0.15, -0.1) is 0 Å². The second-order valence-electron chi connectivity index (χ2n) is 7.16. The number of nitrogens with one attached hydrogen (secondary N) is 1. The molecule has 0 unspecified atom stereocenters. The molecule has 8 nitrogen and oxygen atoms in total. The van der Waals surface area contributed by atoms with Crippen LogP contribution in [0.5, 0.6) is 5.75 Å². The number of rotatable bonds is 7. The van der Waals surface area contributed by atoms with E-state index in [1.165, 1.54) is 0 Å². The van der Waals surface area contributed by atoms with Gasteiger partial charge in [0.05, 0.1) is 30.8 Å². The van der Waals surface area contributed by atoms with E-state index in [0.717, 1.165) is 36.5 Å². The molecule has 8 heteroatoms. The number of carbonyl (C=O) groups is 1. The van der Waals surface area contributed by atoms with Gasteiger partial charge in [-0.3, -0.25) is 9.78 Å². The predicted octanol–water partition coefficient (Wildman–Crippen LogP) is 3.82. The molecule has 0 aliphatic carbocycles. The molecule has 160 valence electrons. The Balaban J connectivity index is 1.67. The van der Waals surface area contributed by atoms with Gasteiger partial charge in [0.15, 0.2) is 0 Å². The summed E-state index contributed by atoms with van der Waals surface area (Å²) in [6, 6.07) is 13.1. The Morgan fingerprint density at radius 1 is 1.16 bits per heavy atom. The zero-order chi connectivity index (χ0) is 21.5. The number of anilines is 3. The lowest BCUT2D eigenvalue weighted by atomic mass is 10.1. The van der Waals surface area contributed by atoms with Crippen molar-refractivity contribution in [3.05, 3.63) is 54.9 Å². The van der Waals surface area contributed by atoms with E-state index in [1.807, 2.05) is 43.3 Å². The predicted molar refractivity (Wildman–Crippen MR) is 119 cm³/mol. The molecule has 1 saturated heterocycles. The molecule has 0 radical (unpaired) electrons. The Kier molecular flexibility index (Phi) is 6.68. The number of morpholine rings is 1. The Hall–Kier alpha value is -3.52. The Labute approximate surface area is 181 Å². The van der Waals surface area contributed by atoms with Gasteiger partial charge in [0, 0.05) is 37.3 Å². The van der Waals surface area contributed by atoms with E-state index in [2.05, 4.69) is 15.2 Å². The molecular formula is C23H25N5O3. The van der Waals surface area contributed by atoms with Crippen molar-refractivity contribution in [2.24, 2.45) is 0 Å². The average molecular weight is 419 g/mol. The fourth-order valence-corrected chi connectivity index (χ4v) is 3.24. The summed E-state index contributed by atoms with van der Waals surface area (Å²) < 4.78 is 10.9. The fourth-order valence-electron chi connectivity index (χ4n) is 3.24. The number of hydrogen-bond donors (Lipinski definition) is 1. The fraction of sp³-hybridized carbons (Fsp3) is 0.304. The van der Waals surface area contributed by atoms with Crippen LogP contribution in [0.1, 0.15) is 19.8 Å². The zero-order valence-corrected chi connectivity index (χ0v) is 17.5. The maximum atomic E-state index is 11.9. The number of nitrogens with zero attached hydrogens (tertiary/aromatic N) is 4. The minimum atomic E-state index is -0.240. The summed E-state index contributed by atoms with van der Waals surface area (Å²) in [7, 11) is 0. The monoisotopic (exact) mass is 419 g/mol. The van der Waals surface area contributed by atoms with Crippen LogP contribution < -0.4 is 15.0 Å². The van der Waals surface area contributed by atoms with E-state index in [4.69, 9.17) is 19.4 Å². The summed E-state index contributed by atoms with van der Waals surface area (Å²) in [6.45, 7) is 4.68. The third-order valence-electron chi connectivity index (χ3n) is 4.76. The van der Waals surface area contributed by atoms with E-state index in [-0.39, 0.29) is 5.97 Å². The van der Waals surface area contributed by atoms with Crippen LogP contribution in [0.25, 0.3) is 11.3 Å². The summed E-state index contributed by atoms with van der Waals surface area (Å²) in [6.07, 6.45) is 4.60. The van der Waals surface area contributed by atoms with Crippen LogP contribution >= 0.6 is 0 Å². The third-order valence-corrected chi connectivity index (χ3v) is 4.76. The number of benzene rings is 1. The van der Waals surface area contributed by atoms with Gasteiger partial charge in [0.25, 0.3) is 0 Å². The molecule has 1 N–H and O–H groups in total. The lowest BCUT2D eigenvalue weighted by Crippen LogP contribution is -2.37. The molecule has 0 saturated carbocycles. The second-order valence-corrected chi connectivity index (χ2v) is 7.16. The topological polar surface area (TPSA) is 89.5 Å². The molecule has 4 rings (SSSR count). The van der Waals surface area contributed by atoms with Crippen LogP contribution in [0, 0.1) is 0 Å². The molecule has 3 heterocycles. The van der Waals surface area contributed by atoms with Gasteiger partial charge in [-0.2, -0.15) is 4.98 Å². The summed E-state index contributed by atoms with van der Waals surface area (Å²) in [5.41, 5.74) is 2.41. The molecule has 31 heavy (non-hydrogen) atoms. The molecule has 0 bridgehead atoms. The molecule has 1 fully saturated rings. The van der Waals surface area contributed by atoms with Crippen LogP contribution in [0.4, 0.5) is 17.5 Å². The first-order chi connectivity index (χ1) is 15.2. The minimum Gasteiger partial charge on any atom is -0.427 e. The van der Waals surface area contributed by atoms with Crippen molar-refractivity contribution in [1.82, 2.24) is 15.0 Å². The normalized spacial score (nSPS) is 13.6. The summed E-state index contributed by atoms with van der Waals surface area (Å²) in [4.78, 5) is 27.6. The van der Waals surface area contributed by atoms with Crippen molar-refractivity contribution in [3.8, 4) is 17.0 Å². The first-order valence-corrected chi connectivity index (χ1v) is 10.4. The van der Waals surface area contributed by atoms with Crippen LogP contribution in [-0.2, 0) is 9.53 Å². The Morgan fingerprint density at radius 3 is 2.81 bits per heavy atom. The van der Waals surface area contributed by atoms with Crippen LogP contribution in [0.3, 0.4) is 0 Å². The van der Waals surface area contributed by atoms with Crippen LogP contribution in [0.2, 0.25) is 0 Å². The quantitative estimate of drug-likeness (QED) is 0.457. The lowest BCUT2D eigenvalue weighted by molar-refractivity contribution is -0.134. The number of pyridine rings is 1. The molecule has 0 spiro atoms. The molecule has 0 amide bonds. The van der Waals surface area contributed by atoms with Gasteiger partial charge >= 0.3 is 5.97 Å². The first kappa shape index (κ1) is 20.7. The highest BCUT2D eigenvalue weighted by atomic mass is 16.5. The number of hydrogen-bond acceptors (Lipinski definition) is 8. The van der Waals surface area contributed by atoms with E-state index in [1.54, 1.807) is 18.5 Å². The number of esters is 1. The number of aromatic nitrogens is 3. The third kappa shape index (κ3) is 5.55. The van der Waals surface area contributed by atoms with Gasteiger partial charge in [-0.05, 0) is 30.7 Å². The largest absolute Gasteiger partial charge is 0.427 e. The smallest absolute Gasteiger partial charge is 0.311 e. The first-order valence-electron chi connectivity index (χ1n) is 10.4. The SMILES string of the molecule is CCCC(=O)Oc1cccc(-c2cc(Nc3cccnc3)nc(N3CCOCC3)n2)c1. The van der Waals surface area contributed by atoms with Crippen molar-refractivity contribution in [2.45, 2.75) is 19.8 Å². The van der Waals surface area contributed by atoms with E-state index < -0.39 is 0 Å². The van der Waals surface area contributed by atoms with Gasteiger partial charge < -0.3 is 19.7 Å². The van der Waals surface area contributed by atoms with E-state index >= 15 is 0 Å². The number of carbonyl (C=O) groups excluding carboxylic acids is 1. The van der Waals surface area contributed by atoms with E-state index in [0.29, 0.717) is 37.2 Å². The maximum absolute atomic E-state index is 11.9. The number of ether oxygens (including phenoxy) is 2. The van der Waals surface area contributed by atoms with Gasteiger partial charge in [-0.25, -0.2) is 4.98 Å². The average Bonchev–Trinajstić information content (AvgIpc) is 2.80. The maximum Gasteiger partial charge on any atom is 0.311 e. The van der Waals surface area contributed by atoms with Gasteiger partial charge in [0.1, 0.15) is 11.6 Å². The molecule has 1 aromatic carbocycles. The molecule has 2 aromatic heterocycles. The van der Waals surface area contributed by atoms with E-state index in [9.17, 15) is 4.79 Å². The van der Waals surface area contributed by atoms with Crippen molar-refractivity contribution < 1.29 is 14.3 Å². The Morgan fingerprint density at radius 2 is 2.03 bits per heavy atom.